The second kappa shape index (κ2) is 7.68. The average Bonchev–Trinajstić information content (AvgIpc) is 2.49. The summed E-state index contributed by atoms with van der Waals surface area (Å²) in [5.74, 6) is 2.69. The molecule has 0 atom stereocenters. The summed E-state index contributed by atoms with van der Waals surface area (Å²) in [5.41, 5.74) is 2.55. The maximum atomic E-state index is 9.63. The number of hydrogen-bond donors (Lipinski definition) is 2. The summed E-state index contributed by atoms with van der Waals surface area (Å²) in [4.78, 5) is 13.3. The van der Waals surface area contributed by atoms with E-state index in [1.807, 2.05) is 12.1 Å². The third-order valence-electron chi connectivity index (χ3n) is 2.26. The van der Waals surface area contributed by atoms with E-state index in [0.29, 0.717) is 0 Å². The molecule has 0 unspecified atom stereocenters. The highest BCUT2D eigenvalue weighted by Gasteiger charge is 2.00. The molecule has 0 aromatic heterocycles. The van der Waals surface area contributed by atoms with Gasteiger partial charge in [0.05, 0.1) is 0 Å². The molecule has 2 rings (SSSR count). The quantitative estimate of drug-likeness (QED) is 0.504. The predicted molar refractivity (Wildman–Crippen MR) is 73.9 cm³/mol. The summed E-state index contributed by atoms with van der Waals surface area (Å²) in [5, 5.41) is 7.88. The van der Waals surface area contributed by atoms with Gasteiger partial charge in [-0.2, -0.15) is 5.90 Å². The van der Waals surface area contributed by atoms with Crippen LogP contribution in [0.25, 0.3) is 11.1 Å². The fourth-order valence-electron chi connectivity index (χ4n) is 1.31. The summed E-state index contributed by atoms with van der Waals surface area (Å²) in [6.07, 6.45) is 0. The monoisotopic (exact) mass is 257 g/mol. The van der Waals surface area contributed by atoms with Gasteiger partial charge in [-0.05, 0) is 17.7 Å². The van der Waals surface area contributed by atoms with Gasteiger partial charge >= 0.3 is 5.97 Å². The SMILES string of the molecule is C=C(ON)C(=O)O.c1ccc(-c2ccccc2)cc1. The minimum atomic E-state index is -1.25. The second-order valence-corrected chi connectivity index (χ2v) is 3.58. The molecule has 0 aliphatic carbocycles. The number of hydrogen-bond acceptors (Lipinski definition) is 3. The molecule has 2 aromatic carbocycles. The first-order valence-electron chi connectivity index (χ1n) is 5.54. The van der Waals surface area contributed by atoms with Gasteiger partial charge in [-0.15, -0.1) is 0 Å². The van der Waals surface area contributed by atoms with E-state index in [9.17, 15) is 4.79 Å². The molecule has 0 spiro atoms. The van der Waals surface area contributed by atoms with Crippen molar-refractivity contribution in [2.24, 2.45) is 5.90 Å². The van der Waals surface area contributed by atoms with Crippen LogP contribution in [0.2, 0.25) is 0 Å². The Hall–Kier alpha value is -2.59. The lowest BCUT2D eigenvalue weighted by molar-refractivity contribution is -0.136. The van der Waals surface area contributed by atoms with Gasteiger partial charge in [0.2, 0.25) is 5.76 Å². The third kappa shape index (κ3) is 5.06. The molecule has 0 aliphatic heterocycles. The zero-order chi connectivity index (χ0) is 14.1. The first-order valence-corrected chi connectivity index (χ1v) is 5.54. The molecule has 4 heteroatoms. The third-order valence-corrected chi connectivity index (χ3v) is 2.26. The lowest BCUT2D eigenvalue weighted by Gasteiger charge is -1.98. The molecule has 0 saturated carbocycles. The van der Waals surface area contributed by atoms with Crippen molar-refractivity contribution in [2.75, 3.05) is 0 Å². The van der Waals surface area contributed by atoms with E-state index in [4.69, 9.17) is 5.11 Å². The van der Waals surface area contributed by atoms with Crippen molar-refractivity contribution in [3.8, 4) is 11.1 Å². The summed E-state index contributed by atoms with van der Waals surface area (Å²) < 4.78 is 0. The molecule has 0 amide bonds. The van der Waals surface area contributed by atoms with Crippen LogP contribution >= 0.6 is 0 Å². The van der Waals surface area contributed by atoms with E-state index in [2.05, 4.69) is 65.8 Å². The van der Waals surface area contributed by atoms with Crippen LogP contribution in [-0.4, -0.2) is 11.1 Å². The van der Waals surface area contributed by atoms with E-state index in [1.165, 1.54) is 11.1 Å². The Morgan fingerprint density at radius 3 is 1.53 bits per heavy atom. The topological polar surface area (TPSA) is 72.5 Å². The lowest BCUT2D eigenvalue weighted by atomic mass is 10.1. The molecule has 0 bridgehead atoms. The molecule has 0 fully saturated rings. The minimum Gasteiger partial charge on any atom is -0.475 e. The molecule has 98 valence electrons. The minimum absolute atomic E-state index is 0.458. The van der Waals surface area contributed by atoms with Crippen LogP contribution in [0, 0.1) is 0 Å². The molecule has 0 radical (unpaired) electrons. The van der Waals surface area contributed by atoms with Crippen LogP contribution in [0.4, 0.5) is 0 Å². The summed E-state index contributed by atoms with van der Waals surface area (Å²) in [6, 6.07) is 20.8. The van der Waals surface area contributed by atoms with Crippen molar-refractivity contribution < 1.29 is 14.7 Å². The molecule has 2 aromatic rings. The number of carbonyl (C=O) groups is 1. The average molecular weight is 257 g/mol. The van der Waals surface area contributed by atoms with Gasteiger partial charge in [0.25, 0.3) is 0 Å². The largest absolute Gasteiger partial charge is 0.475 e. The van der Waals surface area contributed by atoms with E-state index in [-0.39, 0.29) is 0 Å². The molecular formula is C15H15NO3. The first kappa shape index (κ1) is 14.5. The number of benzene rings is 2. The van der Waals surface area contributed by atoms with Crippen molar-refractivity contribution in [3.63, 3.8) is 0 Å². The Labute approximate surface area is 111 Å². The first-order chi connectivity index (χ1) is 9.15. The van der Waals surface area contributed by atoms with Gasteiger partial charge in [0.15, 0.2) is 0 Å². The molecule has 3 N–H and O–H groups in total. The fourth-order valence-corrected chi connectivity index (χ4v) is 1.31. The predicted octanol–water partition coefficient (Wildman–Crippen LogP) is 2.83. The molecular weight excluding hydrogens is 242 g/mol. The van der Waals surface area contributed by atoms with Crippen LogP contribution < -0.4 is 5.90 Å². The normalized spacial score (nSPS) is 8.89. The Balaban J connectivity index is 0.000000224. The van der Waals surface area contributed by atoms with Gasteiger partial charge in [-0.3, -0.25) is 0 Å². The highest BCUT2D eigenvalue weighted by atomic mass is 16.6. The van der Waals surface area contributed by atoms with Crippen molar-refractivity contribution in [2.45, 2.75) is 0 Å². The number of nitrogens with two attached hydrogens (primary N) is 1. The molecule has 0 aliphatic rings. The second-order valence-electron chi connectivity index (χ2n) is 3.58. The molecule has 0 saturated heterocycles. The van der Waals surface area contributed by atoms with E-state index in [1.54, 1.807) is 0 Å². The molecule has 19 heavy (non-hydrogen) atoms. The highest BCUT2D eigenvalue weighted by molar-refractivity contribution is 5.83. The number of aliphatic carboxylic acids is 1. The smallest absolute Gasteiger partial charge is 0.373 e. The van der Waals surface area contributed by atoms with E-state index >= 15 is 0 Å². The van der Waals surface area contributed by atoms with Crippen LogP contribution in [-0.2, 0) is 9.63 Å². The van der Waals surface area contributed by atoms with Crippen LogP contribution in [0.15, 0.2) is 73.0 Å². The lowest BCUT2D eigenvalue weighted by Crippen LogP contribution is -2.07. The zero-order valence-corrected chi connectivity index (χ0v) is 10.3. The van der Waals surface area contributed by atoms with Crippen LogP contribution in [0.3, 0.4) is 0 Å². The Kier molecular flexibility index (Phi) is 5.85. The molecule has 0 heterocycles. The Morgan fingerprint density at radius 1 is 0.947 bits per heavy atom. The van der Waals surface area contributed by atoms with Crippen LogP contribution in [0.1, 0.15) is 0 Å². The number of rotatable bonds is 3. The number of carboxylic acids is 1. The Morgan fingerprint density at radius 2 is 1.32 bits per heavy atom. The summed E-state index contributed by atoms with van der Waals surface area (Å²) in [6.45, 7) is 2.93. The number of carboxylic acid groups (broad SMARTS) is 1. The summed E-state index contributed by atoms with van der Waals surface area (Å²) >= 11 is 0. The van der Waals surface area contributed by atoms with Gasteiger partial charge < -0.3 is 9.94 Å². The zero-order valence-electron chi connectivity index (χ0n) is 10.3. The van der Waals surface area contributed by atoms with E-state index < -0.39 is 11.7 Å². The van der Waals surface area contributed by atoms with Crippen molar-refractivity contribution in [3.05, 3.63) is 73.0 Å². The maximum absolute atomic E-state index is 9.63. The Bertz CT molecular complexity index is 486. The van der Waals surface area contributed by atoms with Crippen molar-refractivity contribution >= 4 is 5.97 Å². The maximum Gasteiger partial charge on any atom is 0.373 e. The van der Waals surface area contributed by atoms with Gasteiger partial charge in [-0.1, -0.05) is 60.7 Å². The molecule has 4 nitrogen and oxygen atoms in total. The van der Waals surface area contributed by atoms with Crippen molar-refractivity contribution in [1.29, 1.82) is 0 Å². The van der Waals surface area contributed by atoms with Crippen molar-refractivity contribution in [1.82, 2.24) is 0 Å². The van der Waals surface area contributed by atoms with Gasteiger partial charge in [-0.25, -0.2) is 4.79 Å². The highest BCUT2D eigenvalue weighted by Crippen LogP contribution is 2.17. The van der Waals surface area contributed by atoms with Gasteiger partial charge in [0, 0.05) is 0 Å². The van der Waals surface area contributed by atoms with Gasteiger partial charge in [0.1, 0.15) is 0 Å². The van der Waals surface area contributed by atoms with E-state index in [0.717, 1.165) is 0 Å². The standard InChI is InChI=1S/C12H10.C3H5NO3/c1-3-7-11(8-4-1)12-9-5-2-6-10-12;1-2(7-4)3(5)6/h1-10H;1,4H2,(H,5,6). The fraction of sp³-hybridized carbons (Fsp3) is 0. The van der Waals surface area contributed by atoms with Crippen LogP contribution in [0.5, 0.6) is 0 Å². The summed E-state index contributed by atoms with van der Waals surface area (Å²) in [7, 11) is 0.